The number of benzene rings is 4. The minimum absolute atomic E-state index is 0.112. The second-order valence-electron chi connectivity index (χ2n) is 9.82. The lowest BCUT2D eigenvalue weighted by atomic mass is 10.0. The van der Waals surface area contributed by atoms with Crippen molar-refractivity contribution in [3.05, 3.63) is 119 Å². The molecule has 4 aromatic carbocycles. The topological polar surface area (TPSA) is 67.6 Å². The van der Waals surface area contributed by atoms with Crippen molar-refractivity contribution < 1.29 is 14.6 Å². The highest BCUT2D eigenvalue weighted by Gasteiger charge is 2.25. The maximum atomic E-state index is 14.3. The van der Waals surface area contributed by atoms with Gasteiger partial charge >= 0.3 is 0 Å². The predicted octanol–water partition coefficient (Wildman–Crippen LogP) is 8.02. The summed E-state index contributed by atoms with van der Waals surface area (Å²) in [5.74, 6) is 0.510. The van der Waals surface area contributed by atoms with Gasteiger partial charge in [-0.2, -0.15) is 5.10 Å². The third-order valence-corrected chi connectivity index (χ3v) is 7.25. The molecular formula is C34H32ClN3O3. The van der Waals surface area contributed by atoms with Gasteiger partial charge < -0.3 is 14.7 Å². The monoisotopic (exact) mass is 565 g/mol. The van der Waals surface area contributed by atoms with Gasteiger partial charge in [0.25, 0.3) is 5.91 Å². The maximum absolute atomic E-state index is 14.3. The molecule has 1 aromatic heterocycles. The Kier molecular flexibility index (Phi) is 8.70. The SMILES string of the molecule is CCCCN(Cc1ccc(O)cc1OC)C(=O)c1cnn(-c2cccc(Cl)c2)c1-c1ccc(-c2ccccc2)cc1. The molecule has 0 spiro atoms. The number of aromatic hydroxyl groups is 1. The molecule has 0 radical (unpaired) electrons. The zero-order valence-electron chi connectivity index (χ0n) is 23.1. The van der Waals surface area contributed by atoms with Crippen LogP contribution in [-0.2, 0) is 6.54 Å². The quantitative estimate of drug-likeness (QED) is 0.186. The number of phenolic OH excluding ortho intramolecular Hbond substituents is 1. The van der Waals surface area contributed by atoms with Crippen molar-refractivity contribution in [3.63, 3.8) is 0 Å². The molecule has 0 aliphatic carbocycles. The summed E-state index contributed by atoms with van der Waals surface area (Å²) in [6.07, 6.45) is 3.42. The van der Waals surface area contributed by atoms with E-state index in [4.69, 9.17) is 16.3 Å². The van der Waals surface area contributed by atoms with Crippen LogP contribution in [0.1, 0.15) is 35.7 Å². The van der Waals surface area contributed by atoms with Crippen LogP contribution in [0, 0.1) is 0 Å². The molecule has 5 rings (SSSR count). The van der Waals surface area contributed by atoms with E-state index in [1.54, 1.807) is 36.2 Å². The van der Waals surface area contributed by atoms with E-state index in [0.29, 0.717) is 35.1 Å². The van der Waals surface area contributed by atoms with E-state index in [-0.39, 0.29) is 11.7 Å². The molecule has 1 N–H and O–H groups in total. The first-order chi connectivity index (χ1) is 20.0. The Morgan fingerprint density at radius 1 is 0.927 bits per heavy atom. The normalized spacial score (nSPS) is 10.9. The van der Waals surface area contributed by atoms with Gasteiger partial charge in [0, 0.05) is 35.3 Å². The number of nitrogens with zero attached hydrogens (tertiary/aromatic N) is 3. The Labute approximate surface area is 245 Å². The van der Waals surface area contributed by atoms with Crippen LogP contribution in [0.3, 0.4) is 0 Å². The second kappa shape index (κ2) is 12.7. The summed E-state index contributed by atoms with van der Waals surface area (Å²) in [4.78, 5) is 16.1. The highest BCUT2D eigenvalue weighted by atomic mass is 35.5. The van der Waals surface area contributed by atoms with Crippen LogP contribution in [-0.4, -0.2) is 39.3 Å². The van der Waals surface area contributed by atoms with Gasteiger partial charge in [-0.25, -0.2) is 4.68 Å². The smallest absolute Gasteiger partial charge is 0.258 e. The van der Waals surface area contributed by atoms with E-state index in [9.17, 15) is 9.90 Å². The molecule has 5 aromatic rings. The Balaban J connectivity index is 1.58. The first-order valence-electron chi connectivity index (χ1n) is 13.6. The third kappa shape index (κ3) is 6.28. The van der Waals surface area contributed by atoms with Gasteiger partial charge in [0.15, 0.2) is 0 Å². The number of hydrogen-bond acceptors (Lipinski definition) is 4. The Bertz CT molecular complexity index is 1630. The van der Waals surface area contributed by atoms with Crippen LogP contribution >= 0.6 is 11.6 Å². The van der Waals surface area contributed by atoms with E-state index >= 15 is 0 Å². The fraction of sp³-hybridized carbons (Fsp3) is 0.176. The summed E-state index contributed by atoms with van der Waals surface area (Å²) in [7, 11) is 1.56. The number of halogens is 1. The van der Waals surface area contributed by atoms with Gasteiger partial charge in [-0.3, -0.25) is 4.79 Å². The first-order valence-corrected chi connectivity index (χ1v) is 14.0. The van der Waals surface area contributed by atoms with Gasteiger partial charge in [0.1, 0.15) is 11.5 Å². The maximum Gasteiger partial charge on any atom is 0.258 e. The summed E-state index contributed by atoms with van der Waals surface area (Å²) in [5.41, 5.74) is 5.82. The van der Waals surface area contributed by atoms with Crippen molar-refractivity contribution in [2.24, 2.45) is 0 Å². The van der Waals surface area contributed by atoms with Crippen molar-refractivity contribution in [1.82, 2.24) is 14.7 Å². The molecule has 0 aliphatic heterocycles. The minimum atomic E-state index is -0.135. The summed E-state index contributed by atoms with van der Waals surface area (Å²) in [6.45, 7) is 2.99. The van der Waals surface area contributed by atoms with Crippen molar-refractivity contribution in [1.29, 1.82) is 0 Å². The lowest BCUT2D eigenvalue weighted by molar-refractivity contribution is 0.0740. The summed E-state index contributed by atoms with van der Waals surface area (Å²) in [5, 5.41) is 15.2. The van der Waals surface area contributed by atoms with Crippen molar-refractivity contribution >= 4 is 17.5 Å². The van der Waals surface area contributed by atoms with Crippen LogP contribution in [0.15, 0.2) is 103 Å². The molecule has 0 aliphatic rings. The van der Waals surface area contributed by atoms with Crippen LogP contribution in [0.25, 0.3) is 28.1 Å². The highest BCUT2D eigenvalue weighted by molar-refractivity contribution is 6.30. The van der Waals surface area contributed by atoms with Crippen molar-refractivity contribution in [2.75, 3.05) is 13.7 Å². The van der Waals surface area contributed by atoms with Gasteiger partial charge in [0.2, 0.25) is 0 Å². The van der Waals surface area contributed by atoms with E-state index in [0.717, 1.165) is 40.8 Å². The van der Waals surface area contributed by atoms with Gasteiger partial charge in [-0.05, 0) is 47.9 Å². The molecule has 0 saturated heterocycles. The molecule has 0 bridgehead atoms. The number of carbonyl (C=O) groups excluding carboxylic acids is 1. The number of hydrogen-bond donors (Lipinski definition) is 1. The number of aromatic nitrogens is 2. The molecule has 0 atom stereocenters. The number of unbranched alkanes of at least 4 members (excludes halogenated alkanes) is 1. The molecule has 208 valence electrons. The number of methoxy groups -OCH3 is 1. The standard InChI is InChI=1S/C34H32ClN3O3/c1-3-4-19-37(23-27-17-18-30(39)21-32(27)41-2)34(40)31-22-36-38(29-12-8-11-28(35)20-29)33(31)26-15-13-25(14-16-26)24-9-6-5-7-10-24/h5-18,20-22,39H,3-4,19,23H2,1-2H3. The van der Waals surface area contributed by atoms with Crippen molar-refractivity contribution in [2.45, 2.75) is 26.3 Å². The minimum Gasteiger partial charge on any atom is -0.508 e. The molecule has 0 saturated carbocycles. The average molecular weight is 566 g/mol. The van der Waals surface area contributed by atoms with Crippen LogP contribution in [0.5, 0.6) is 11.5 Å². The van der Waals surface area contributed by atoms with E-state index in [2.05, 4.69) is 36.3 Å². The molecule has 7 heteroatoms. The number of phenols is 1. The van der Waals surface area contributed by atoms with Gasteiger partial charge in [-0.15, -0.1) is 0 Å². The molecular weight excluding hydrogens is 534 g/mol. The molecule has 1 amide bonds. The molecule has 6 nitrogen and oxygen atoms in total. The summed E-state index contributed by atoms with van der Waals surface area (Å²) >= 11 is 6.34. The first kappa shape index (κ1) is 28.0. The average Bonchev–Trinajstić information content (AvgIpc) is 3.45. The predicted molar refractivity (Wildman–Crippen MR) is 164 cm³/mol. The Morgan fingerprint density at radius 3 is 2.37 bits per heavy atom. The summed E-state index contributed by atoms with van der Waals surface area (Å²) < 4.78 is 7.28. The Hall–Kier alpha value is -4.55. The van der Waals surface area contributed by atoms with Crippen molar-refractivity contribution in [3.8, 4) is 39.6 Å². The van der Waals surface area contributed by atoms with Gasteiger partial charge in [-0.1, -0.05) is 85.6 Å². The highest BCUT2D eigenvalue weighted by Crippen LogP contribution is 2.32. The summed E-state index contributed by atoms with van der Waals surface area (Å²) in [6, 6.07) is 30.7. The van der Waals surface area contributed by atoms with E-state index in [1.165, 1.54) is 0 Å². The number of ether oxygens (including phenoxy) is 1. The fourth-order valence-electron chi connectivity index (χ4n) is 4.88. The number of amides is 1. The number of carbonyl (C=O) groups is 1. The molecule has 0 unspecified atom stereocenters. The van der Waals surface area contributed by atoms with Crippen LogP contribution in [0.4, 0.5) is 0 Å². The van der Waals surface area contributed by atoms with Crippen LogP contribution in [0.2, 0.25) is 5.02 Å². The van der Waals surface area contributed by atoms with Gasteiger partial charge in [0.05, 0.1) is 30.3 Å². The Morgan fingerprint density at radius 2 is 1.66 bits per heavy atom. The lowest BCUT2D eigenvalue weighted by Crippen LogP contribution is -2.32. The molecule has 41 heavy (non-hydrogen) atoms. The van der Waals surface area contributed by atoms with Crippen LogP contribution < -0.4 is 4.74 Å². The lowest BCUT2D eigenvalue weighted by Gasteiger charge is -2.24. The molecule has 1 heterocycles. The zero-order valence-corrected chi connectivity index (χ0v) is 23.9. The fourth-order valence-corrected chi connectivity index (χ4v) is 5.06. The third-order valence-electron chi connectivity index (χ3n) is 7.02. The largest absolute Gasteiger partial charge is 0.508 e. The van der Waals surface area contributed by atoms with E-state index < -0.39 is 0 Å². The number of rotatable bonds is 10. The second-order valence-corrected chi connectivity index (χ2v) is 10.3. The van der Waals surface area contributed by atoms with E-state index in [1.807, 2.05) is 59.5 Å². The molecule has 0 fully saturated rings. The zero-order chi connectivity index (χ0) is 28.8.